The van der Waals surface area contributed by atoms with Crippen molar-refractivity contribution in [3.63, 3.8) is 0 Å². The third-order valence-corrected chi connectivity index (χ3v) is 7.50. The summed E-state index contributed by atoms with van der Waals surface area (Å²) >= 11 is 1.92. The van der Waals surface area contributed by atoms with E-state index < -0.39 is 11.6 Å². The topological polar surface area (TPSA) is 63.6 Å². The van der Waals surface area contributed by atoms with Crippen molar-refractivity contribution in [2.75, 3.05) is 6.26 Å². The van der Waals surface area contributed by atoms with Crippen molar-refractivity contribution in [2.45, 2.75) is 83.2 Å². The Hall–Kier alpha value is -0.810. The average Bonchev–Trinajstić information content (AvgIpc) is 2.62. The summed E-state index contributed by atoms with van der Waals surface area (Å²) in [4.78, 5) is 23.9. The molecule has 5 heteroatoms. The first-order valence-electron chi connectivity index (χ1n) is 10.3. The van der Waals surface area contributed by atoms with E-state index in [0.717, 1.165) is 43.8 Å². The molecule has 2 aliphatic carbocycles. The molecule has 0 spiro atoms. The predicted molar refractivity (Wildman–Crippen MR) is 111 cm³/mol. The van der Waals surface area contributed by atoms with E-state index in [4.69, 9.17) is 4.74 Å². The van der Waals surface area contributed by atoms with E-state index in [-0.39, 0.29) is 23.9 Å². The summed E-state index contributed by atoms with van der Waals surface area (Å²) in [6.07, 6.45) is 12.3. The SMILES string of the molecule is CSC1CCC(C(=O)/C=C/[C@H]2CC(C)C(OC(C)(C)C(=O)O)[C@@H](C)C2)CC1. The van der Waals surface area contributed by atoms with E-state index in [1.54, 1.807) is 13.8 Å². The summed E-state index contributed by atoms with van der Waals surface area (Å²) < 4.78 is 5.96. The van der Waals surface area contributed by atoms with Gasteiger partial charge < -0.3 is 9.84 Å². The highest BCUT2D eigenvalue weighted by Crippen LogP contribution is 2.38. The smallest absolute Gasteiger partial charge is 0.335 e. The Balaban J connectivity index is 1.88. The molecule has 0 saturated heterocycles. The van der Waals surface area contributed by atoms with Crippen LogP contribution in [0.25, 0.3) is 0 Å². The van der Waals surface area contributed by atoms with Gasteiger partial charge in [0.15, 0.2) is 11.4 Å². The maximum atomic E-state index is 12.5. The average molecular weight is 397 g/mol. The second-order valence-corrected chi connectivity index (χ2v) is 10.2. The van der Waals surface area contributed by atoms with E-state index in [0.29, 0.717) is 11.7 Å². The number of rotatable bonds is 7. The van der Waals surface area contributed by atoms with Gasteiger partial charge >= 0.3 is 5.97 Å². The van der Waals surface area contributed by atoms with Crippen molar-refractivity contribution in [3.05, 3.63) is 12.2 Å². The fourth-order valence-corrected chi connectivity index (χ4v) is 5.35. The molecule has 0 bridgehead atoms. The fourth-order valence-electron chi connectivity index (χ4n) is 4.61. The van der Waals surface area contributed by atoms with Gasteiger partial charge in [0, 0.05) is 11.2 Å². The molecule has 27 heavy (non-hydrogen) atoms. The number of allylic oxidation sites excluding steroid dienone is 2. The second kappa shape index (κ2) is 9.60. The Labute approximate surface area is 168 Å². The van der Waals surface area contributed by atoms with E-state index in [1.165, 1.54) is 0 Å². The minimum Gasteiger partial charge on any atom is -0.479 e. The number of carbonyl (C=O) groups excluding carboxylic acids is 1. The molecule has 0 aromatic rings. The Morgan fingerprint density at radius 1 is 1.07 bits per heavy atom. The molecule has 2 saturated carbocycles. The number of ether oxygens (including phenoxy) is 1. The Kier molecular flexibility index (Phi) is 7.99. The summed E-state index contributed by atoms with van der Waals surface area (Å²) in [7, 11) is 0. The minimum absolute atomic E-state index is 0.0572. The quantitative estimate of drug-likeness (QED) is 0.616. The van der Waals surface area contributed by atoms with Gasteiger partial charge in [-0.25, -0.2) is 4.79 Å². The maximum Gasteiger partial charge on any atom is 0.335 e. The van der Waals surface area contributed by atoms with Gasteiger partial charge in [0.25, 0.3) is 0 Å². The van der Waals surface area contributed by atoms with Crippen molar-refractivity contribution in [2.24, 2.45) is 23.7 Å². The third kappa shape index (κ3) is 6.08. The van der Waals surface area contributed by atoms with Crippen LogP contribution in [-0.2, 0) is 14.3 Å². The zero-order valence-corrected chi connectivity index (χ0v) is 18.3. The van der Waals surface area contributed by atoms with Gasteiger partial charge in [-0.05, 0) is 82.5 Å². The van der Waals surface area contributed by atoms with Gasteiger partial charge in [-0.3, -0.25) is 4.79 Å². The van der Waals surface area contributed by atoms with Crippen LogP contribution in [0, 0.1) is 23.7 Å². The summed E-state index contributed by atoms with van der Waals surface area (Å²) in [5.41, 5.74) is -1.17. The lowest BCUT2D eigenvalue weighted by Crippen LogP contribution is -2.45. The van der Waals surface area contributed by atoms with Gasteiger partial charge in [0.05, 0.1) is 6.10 Å². The first-order valence-corrected chi connectivity index (χ1v) is 11.6. The molecule has 4 atom stereocenters. The number of aliphatic carboxylic acids is 1. The number of hydrogen-bond donors (Lipinski definition) is 1. The lowest BCUT2D eigenvalue weighted by Gasteiger charge is -2.41. The molecule has 4 nitrogen and oxygen atoms in total. The fraction of sp³-hybridized carbons (Fsp3) is 0.818. The van der Waals surface area contributed by atoms with Crippen LogP contribution in [0.1, 0.15) is 66.2 Å². The molecular weight excluding hydrogens is 360 g/mol. The first kappa shape index (κ1) is 22.5. The van der Waals surface area contributed by atoms with Crippen LogP contribution >= 0.6 is 11.8 Å². The van der Waals surface area contributed by atoms with Crippen LogP contribution in [-0.4, -0.2) is 40.1 Å². The maximum absolute atomic E-state index is 12.5. The summed E-state index contributed by atoms with van der Waals surface area (Å²) in [5, 5.41) is 10.0. The monoisotopic (exact) mass is 396 g/mol. The molecule has 2 rings (SSSR count). The normalized spacial score (nSPS) is 35.3. The summed E-state index contributed by atoms with van der Waals surface area (Å²) in [6.45, 7) is 7.49. The van der Waals surface area contributed by atoms with Gasteiger partial charge in [-0.15, -0.1) is 0 Å². The van der Waals surface area contributed by atoms with Crippen LogP contribution in [0.5, 0.6) is 0 Å². The largest absolute Gasteiger partial charge is 0.479 e. The van der Waals surface area contributed by atoms with Crippen molar-refractivity contribution < 1.29 is 19.4 Å². The zero-order valence-electron chi connectivity index (χ0n) is 17.4. The molecule has 0 aromatic heterocycles. The molecule has 154 valence electrons. The van der Waals surface area contributed by atoms with Crippen molar-refractivity contribution >= 4 is 23.5 Å². The van der Waals surface area contributed by atoms with E-state index >= 15 is 0 Å². The second-order valence-electron chi connectivity index (χ2n) is 9.05. The highest BCUT2D eigenvalue weighted by molar-refractivity contribution is 7.99. The Morgan fingerprint density at radius 3 is 2.11 bits per heavy atom. The summed E-state index contributed by atoms with van der Waals surface area (Å²) in [5.74, 6) is 0.485. The standard InChI is InChI=1S/C22H36O4S/c1-14-12-16(13-15(2)20(14)26-22(3,4)21(24)25)6-11-19(23)17-7-9-18(27-5)10-8-17/h6,11,14-18,20H,7-10,12-13H2,1-5H3,(H,24,25)/b11-6+/t14-,15?,16+,17?,18?,20?/m0/s1. The Bertz CT molecular complexity index is 537. The van der Waals surface area contributed by atoms with E-state index in [1.807, 2.05) is 17.8 Å². The lowest BCUT2D eigenvalue weighted by atomic mass is 9.74. The van der Waals surface area contributed by atoms with Crippen LogP contribution in [0.4, 0.5) is 0 Å². The number of hydrogen-bond acceptors (Lipinski definition) is 4. The highest BCUT2D eigenvalue weighted by Gasteiger charge is 2.39. The molecule has 0 amide bonds. The highest BCUT2D eigenvalue weighted by atomic mass is 32.2. The number of ketones is 1. The number of carbonyl (C=O) groups is 2. The van der Waals surface area contributed by atoms with Crippen molar-refractivity contribution in [1.82, 2.24) is 0 Å². The lowest BCUT2D eigenvalue weighted by molar-refractivity contribution is -0.179. The first-order chi connectivity index (χ1) is 12.6. The van der Waals surface area contributed by atoms with Crippen LogP contribution in [0.15, 0.2) is 12.2 Å². The van der Waals surface area contributed by atoms with Crippen molar-refractivity contribution in [3.8, 4) is 0 Å². The third-order valence-electron chi connectivity index (χ3n) is 6.36. The molecule has 2 aliphatic rings. The molecule has 2 fully saturated rings. The molecule has 0 heterocycles. The molecule has 2 unspecified atom stereocenters. The molecule has 0 aliphatic heterocycles. The Morgan fingerprint density at radius 2 is 1.63 bits per heavy atom. The van der Waals surface area contributed by atoms with Crippen LogP contribution in [0.2, 0.25) is 0 Å². The van der Waals surface area contributed by atoms with Gasteiger partial charge in [-0.1, -0.05) is 19.9 Å². The minimum atomic E-state index is -1.17. The number of carboxylic acids is 1. The molecular formula is C22H36O4S. The van der Waals surface area contributed by atoms with Crippen LogP contribution < -0.4 is 0 Å². The van der Waals surface area contributed by atoms with Gasteiger partial charge in [-0.2, -0.15) is 11.8 Å². The molecule has 0 aromatic carbocycles. The van der Waals surface area contributed by atoms with Crippen molar-refractivity contribution in [1.29, 1.82) is 0 Å². The van der Waals surface area contributed by atoms with E-state index in [9.17, 15) is 14.7 Å². The zero-order chi connectivity index (χ0) is 20.2. The van der Waals surface area contributed by atoms with Gasteiger partial charge in [0.2, 0.25) is 0 Å². The number of carboxylic acid groups (broad SMARTS) is 1. The molecule has 0 radical (unpaired) electrons. The van der Waals surface area contributed by atoms with Crippen LogP contribution in [0.3, 0.4) is 0 Å². The summed E-state index contributed by atoms with van der Waals surface area (Å²) in [6, 6.07) is 0. The number of thioether (sulfide) groups is 1. The van der Waals surface area contributed by atoms with E-state index in [2.05, 4.69) is 26.2 Å². The predicted octanol–water partition coefficient (Wildman–Crippen LogP) is 4.96. The van der Waals surface area contributed by atoms with Gasteiger partial charge in [0.1, 0.15) is 0 Å². The molecule has 1 N–H and O–H groups in total.